The normalized spacial score (nSPS) is 10.3. The van der Waals surface area contributed by atoms with E-state index in [1.807, 2.05) is 54.6 Å². The standard InChI is InChI=1S/C19H21NO3/c21-18(14-11-15-5-2-1-3-6-15)20-17-12-9-16(10-13-17)7-4-8-19(22)23/h1-3,5-6,9-10,12-13H,4,7-8,11,14H2,(H,20,21)(H,22,23). The molecule has 2 rings (SSSR count). The molecule has 0 aromatic heterocycles. The van der Waals surface area contributed by atoms with Crippen LogP contribution in [0.1, 0.15) is 30.4 Å². The Kier molecular flexibility index (Phi) is 6.36. The van der Waals surface area contributed by atoms with Crippen molar-refractivity contribution in [1.29, 1.82) is 0 Å². The Hall–Kier alpha value is -2.62. The van der Waals surface area contributed by atoms with Gasteiger partial charge in [0.15, 0.2) is 0 Å². The Balaban J connectivity index is 1.76. The van der Waals surface area contributed by atoms with Crippen LogP contribution in [0.4, 0.5) is 5.69 Å². The number of rotatable bonds is 8. The molecule has 2 N–H and O–H groups in total. The molecule has 2 aromatic carbocycles. The summed E-state index contributed by atoms with van der Waals surface area (Å²) < 4.78 is 0. The lowest BCUT2D eigenvalue weighted by molar-refractivity contribution is -0.137. The predicted molar refractivity (Wildman–Crippen MR) is 90.4 cm³/mol. The SMILES string of the molecule is O=C(O)CCCc1ccc(NC(=O)CCc2ccccc2)cc1. The van der Waals surface area contributed by atoms with Crippen LogP contribution in [-0.2, 0) is 22.4 Å². The topological polar surface area (TPSA) is 66.4 Å². The Bertz CT molecular complexity index is 635. The lowest BCUT2D eigenvalue weighted by atomic mass is 10.1. The molecule has 0 heterocycles. The monoisotopic (exact) mass is 311 g/mol. The number of amides is 1. The highest BCUT2D eigenvalue weighted by Gasteiger charge is 2.04. The lowest BCUT2D eigenvalue weighted by Gasteiger charge is -2.07. The van der Waals surface area contributed by atoms with Gasteiger partial charge in [-0.15, -0.1) is 0 Å². The quantitative estimate of drug-likeness (QED) is 0.781. The Morgan fingerprint density at radius 1 is 0.826 bits per heavy atom. The minimum Gasteiger partial charge on any atom is -0.481 e. The number of anilines is 1. The number of aryl methyl sites for hydroxylation is 2. The van der Waals surface area contributed by atoms with Gasteiger partial charge in [0.2, 0.25) is 5.91 Å². The van der Waals surface area contributed by atoms with Crippen LogP contribution in [-0.4, -0.2) is 17.0 Å². The second-order valence-corrected chi connectivity index (χ2v) is 5.48. The number of carboxylic acid groups (broad SMARTS) is 1. The minimum absolute atomic E-state index is 0.00696. The molecule has 0 aliphatic carbocycles. The smallest absolute Gasteiger partial charge is 0.303 e. The van der Waals surface area contributed by atoms with E-state index in [9.17, 15) is 9.59 Å². The molecule has 4 nitrogen and oxygen atoms in total. The minimum atomic E-state index is -0.771. The third kappa shape index (κ3) is 6.34. The van der Waals surface area contributed by atoms with E-state index >= 15 is 0 Å². The zero-order valence-electron chi connectivity index (χ0n) is 13.0. The van der Waals surface area contributed by atoms with E-state index in [4.69, 9.17) is 5.11 Å². The van der Waals surface area contributed by atoms with Crippen LogP contribution in [0.15, 0.2) is 54.6 Å². The van der Waals surface area contributed by atoms with Gasteiger partial charge in [-0.1, -0.05) is 42.5 Å². The van der Waals surface area contributed by atoms with Crippen LogP contribution < -0.4 is 5.32 Å². The third-order valence-electron chi connectivity index (χ3n) is 3.58. The first-order valence-corrected chi connectivity index (χ1v) is 7.78. The van der Waals surface area contributed by atoms with Crippen molar-refractivity contribution in [2.45, 2.75) is 32.1 Å². The highest BCUT2D eigenvalue weighted by molar-refractivity contribution is 5.90. The van der Waals surface area contributed by atoms with E-state index < -0.39 is 5.97 Å². The van der Waals surface area contributed by atoms with Crippen molar-refractivity contribution in [2.24, 2.45) is 0 Å². The number of aliphatic carboxylic acids is 1. The van der Waals surface area contributed by atoms with Crippen molar-refractivity contribution >= 4 is 17.6 Å². The van der Waals surface area contributed by atoms with Gasteiger partial charge in [0.05, 0.1) is 0 Å². The lowest BCUT2D eigenvalue weighted by Crippen LogP contribution is -2.12. The number of carbonyl (C=O) groups excluding carboxylic acids is 1. The van der Waals surface area contributed by atoms with E-state index in [1.54, 1.807) is 0 Å². The maximum Gasteiger partial charge on any atom is 0.303 e. The molecule has 0 spiro atoms. The molecule has 2 aromatic rings. The number of carboxylic acids is 1. The van der Waals surface area contributed by atoms with E-state index in [0.717, 1.165) is 29.7 Å². The highest BCUT2D eigenvalue weighted by atomic mass is 16.4. The van der Waals surface area contributed by atoms with Gasteiger partial charge in [0.25, 0.3) is 0 Å². The summed E-state index contributed by atoms with van der Waals surface area (Å²) >= 11 is 0. The largest absolute Gasteiger partial charge is 0.481 e. The van der Waals surface area contributed by atoms with Crippen molar-refractivity contribution in [3.63, 3.8) is 0 Å². The number of carbonyl (C=O) groups is 2. The summed E-state index contributed by atoms with van der Waals surface area (Å²) in [6, 6.07) is 17.5. The molecule has 0 saturated carbocycles. The number of nitrogens with one attached hydrogen (secondary N) is 1. The van der Waals surface area contributed by atoms with Crippen molar-refractivity contribution in [1.82, 2.24) is 0 Å². The second-order valence-electron chi connectivity index (χ2n) is 5.48. The van der Waals surface area contributed by atoms with Crippen molar-refractivity contribution < 1.29 is 14.7 Å². The number of benzene rings is 2. The average molecular weight is 311 g/mol. The molecular formula is C19H21NO3. The zero-order chi connectivity index (χ0) is 16.5. The number of hydrogen-bond acceptors (Lipinski definition) is 2. The van der Waals surface area contributed by atoms with Gasteiger partial charge in [-0.05, 0) is 42.5 Å². The summed E-state index contributed by atoms with van der Waals surface area (Å²) in [6.07, 6.45) is 2.70. The fourth-order valence-electron chi connectivity index (χ4n) is 2.32. The van der Waals surface area contributed by atoms with Crippen molar-refractivity contribution in [3.8, 4) is 0 Å². The summed E-state index contributed by atoms with van der Waals surface area (Å²) in [5.74, 6) is -0.778. The van der Waals surface area contributed by atoms with Crippen LogP contribution in [0.25, 0.3) is 0 Å². The van der Waals surface area contributed by atoms with Gasteiger partial charge >= 0.3 is 5.97 Å². The van der Waals surface area contributed by atoms with Crippen LogP contribution in [0.3, 0.4) is 0 Å². The molecule has 0 atom stereocenters. The van der Waals surface area contributed by atoms with Gasteiger partial charge < -0.3 is 10.4 Å². The maximum absolute atomic E-state index is 11.9. The molecule has 4 heteroatoms. The van der Waals surface area contributed by atoms with Crippen molar-refractivity contribution in [2.75, 3.05) is 5.32 Å². The molecular weight excluding hydrogens is 290 g/mol. The third-order valence-corrected chi connectivity index (χ3v) is 3.58. The maximum atomic E-state index is 11.9. The van der Waals surface area contributed by atoms with Gasteiger partial charge in [-0.3, -0.25) is 9.59 Å². The van der Waals surface area contributed by atoms with E-state index in [-0.39, 0.29) is 12.3 Å². The van der Waals surface area contributed by atoms with Crippen LogP contribution in [0.5, 0.6) is 0 Å². The number of hydrogen-bond donors (Lipinski definition) is 2. The van der Waals surface area contributed by atoms with E-state index in [2.05, 4.69) is 5.32 Å². The van der Waals surface area contributed by atoms with Gasteiger partial charge in [-0.25, -0.2) is 0 Å². The van der Waals surface area contributed by atoms with Crippen LogP contribution >= 0.6 is 0 Å². The first-order chi connectivity index (χ1) is 11.1. The van der Waals surface area contributed by atoms with Crippen LogP contribution in [0.2, 0.25) is 0 Å². The van der Waals surface area contributed by atoms with Crippen LogP contribution in [0, 0.1) is 0 Å². The molecule has 0 unspecified atom stereocenters. The van der Waals surface area contributed by atoms with E-state index in [1.165, 1.54) is 0 Å². The molecule has 0 radical (unpaired) electrons. The molecule has 0 saturated heterocycles. The molecule has 120 valence electrons. The van der Waals surface area contributed by atoms with Gasteiger partial charge in [0.1, 0.15) is 0 Å². The average Bonchev–Trinajstić information content (AvgIpc) is 2.55. The summed E-state index contributed by atoms with van der Waals surface area (Å²) in [4.78, 5) is 22.4. The summed E-state index contributed by atoms with van der Waals surface area (Å²) in [5.41, 5.74) is 3.00. The highest BCUT2D eigenvalue weighted by Crippen LogP contribution is 2.13. The van der Waals surface area contributed by atoms with Gasteiger partial charge in [-0.2, -0.15) is 0 Å². The molecule has 0 bridgehead atoms. The molecule has 23 heavy (non-hydrogen) atoms. The zero-order valence-corrected chi connectivity index (χ0v) is 13.0. The first kappa shape index (κ1) is 16.7. The fourth-order valence-corrected chi connectivity index (χ4v) is 2.32. The first-order valence-electron chi connectivity index (χ1n) is 7.78. The van der Waals surface area contributed by atoms with E-state index in [0.29, 0.717) is 12.8 Å². The Labute approximate surface area is 136 Å². The van der Waals surface area contributed by atoms with Crippen molar-refractivity contribution in [3.05, 3.63) is 65.7 Å². The Morgan fingerprint density at radius 2 is 1.48 bits per heavy atom. The predicted octanol–water partition coefficient (Wildman–Crippen LogP) is 3.67. The molecule has 0 aliphatic rings. The molecule has 0 fully saturated rings. The Morgan fingerprint density at radius 3 is 2.13 bits per heavy atom. The second kappa shape index (κ2) is 8.73. The summed E-state index contributed by atoms with van der Waals surface area (Å²) in [7, 11) is 0. The molecule has 0 aliphatic heterocycles. The summed E-state index contributed by atoms with van der Waals surface area (Å²) in [5, 5.41) is 11.5. The molecule has 1 amide bonds. The fraction of sp³-hybridized carbons (Fsp3) is 0.263. The van der Waals surface area contributed by atoms with Gasteiger partial charge in [0, 0.05) is 18.5 Å². The summed E-state index contributed by atoms with van der Waals surface area (Å²) in [6.45, 7) is 0.